The molecular weight excluding hydrogens is 334 g/mol. The summed E-state index contributed by atoms with van der Waals surface area (Å²) < 4.78 is 24.6. The topological polar surface area (TPSA) is 15.3 Å². The Labute approximate surface area is 144 Å². The molecule has 0 amide bonds. The van der Waals surface area contributed by atoms with Crippen LogP contribution in [0.4, 0.5) is 14.5 Å². The Morgan fingerprint density at radius 3 is 2.30 bits per heavy atom. The summed E-state index contributed by atoms with van der Waals surface area (Å²) in [5.74, 6) is -2.41. The summed E-state index contributed by atoms with van der Waals surface area (Å²) in [5.41, 5.74) is 3.18. The first-order valence-electron chi connectivity index (χ1n) is 7.06. The van der Waals surface area contributed by atoms with Crippen molar-refractivity contribution in [3.63, 3.8) is 0 Å². The first-order valence-corrected chi connectivity index (χ1v) is 8.35. The Hall–Kier alpha value is -1.66. The van der Waals surface area contributed by atoms with Crippen molar-refractivity contribution in [1.29, 1.82) is 0 Å². The Kier molecular flexibility index (Phi) is 6.36. The van der Waals surface area contributed by atoms with E-state index in [4.69, 9.17) is 12.2 Å². The molecule has 0 atom stereocenters. The molecule has 122 valence electrons. The van der Waals surface area contributed by atoms with Crippen LogP contribution in [0, 0.1) is 6.92 Å². The number of hydrogen-bond donors (Lipinski definition) is 1. The number of hydrogen-bond acceptors (Lipinski definition) is 2. The van der Waals surface area contributed by atoms with E-state index in [2.05, 4.69) is 36.5 Å². The summed E-state index contributed by atoms with van der Waals surface area (Å²) in [4.78, 5) is 2.46. The minimum absolute atomic E-state index is 0.531. The van der Waals surface area contributed by atoms with Gasteiger partial charge in [0, 0.05) is 24.2 Å². The number of nitrogens with zero attached hydrogens (tertiary/aromatic N) is 1. The van der Waals surface area contributed by atoms with E-state index in [0.29, 0.717) is 28.3 Å². The first-order chi connectivity index (χ1) is 10.9. The Morgan fingerprint density at radius 2 is 1.74 bits per heavy atom. The third-order valence-corrected chi connectivity index (χ3v) is 4.35. The average molecular weight is 352 g/mol. The van der Waals surface area contributed by atoms with Gasteiger partial charge in [0.05, 0.1) is 0 Å². The van der Waals surface area contributed by atoms with Gasteiger partial charge < -0.3 is 10.2 Å². The molecule has 2 rings (SSSR count). The molecule has 0 aliphatic carbocycles. The van der Waals surface area contributed by atoms with Gasteiger partial charge >= 0.3 is 0 Å². The smallest absolute Gasteiger partial charge is 0.288 e. The van der Waals surface area contributed by atoms with Gasteiger partial charge in [-0.3, -0.25) is 0 Å². The highest BCUT2D eigenvalue weighted by Gasteiger charge is 2.07. The number of aryl methyl sites for hydroxylation is 1. The summed E-state index contributed by atoms with van der Waals surface area (Å²) in [7, 11) is 1.91. The summed E-state index contributed by atoms with van der Waals surface area (Å²) in [6.07, 6.45) is 0. The first kappa shape index (κ1) is 17.7. The van der Waals surface area contributed by atoms with Crippen LogP contribution in [0.25, 0.3) is 0 Å². The van der Waals surface area contributed by atoms with Gasteiger partial charge in [0.1, 0.15) is 0 Å². The summed E-state index contributed by atoms with van der Waals surface area (Å²) in [6, 6.07) is 15.1. The second-order valence-electron chi connectivity index (χ2n) is 5.17. The zero-order valence-corrected chi connectivity index (χ0v) is 14.6. The highest BCUT2D eigenvalue weighted by atomic mass is 32.2. The van der Waals surface area contributed by atoms with Crippen molar-refractivity contribution in [1.82, 2.24) is 4.90 Å². The van der Waals surface area contributed by atoms with Gasteiger partial charge in [-0.05, 0) is 49.0 Å². The second kappa shape index (κ2) is 8.26. The molecule has 0 bridgehead atoms. The van der Waals surface area contributed by atoms with Crippen LogP contribution in [-0.4, -0.2) is 22.8 Å². The summed E-state index contributed by atoms with van der Waals surface area (Å²) in [5, 5.41) is 3.70. The number of thioether (sulfide) groups is 1. The van der Waals surface area contributed by atoms with Gasteiger partial charge in [-0.15, -0.1) is 0 Å². The number of nitrogens with one attached hydrogen (secondary N) is 1. The molecule has 2 aromatic carbocycles. The minimum atomic E-state index is -2.41. The van der Waals surface area contributed by atoms with Crippen molar-refractivity contribution < 1.29 is 8.78 Å². The molecule has 0 aromatic heterocycles. The quantitative estimate of drug-likeness (QED) is 0.592. The molecule has 23 heavy (non-hydrogen) atoms. The summed E-state index contributed by atoms with van der Waals surface area (Å²) >= 11 is 5.91. The van der Waals surface area contributed by atoms with Gasteiger partial charge in [0.25, 0.3) is 5.76 Å². The molecule has 1 N–H and O–H groups in total. The molecule has 2 aromatic rings. The normalized spacial score (nSPS) is 10.7. The molecule has 0 saturated heterocycles. The third-order valence-electron chi connectivity index (χ3n) is 3.22. The van der Waals surface area contributed by atoms with Crippen molar-refractivity contribution in [3.8, 4) is 0 Å². The summed E-state index contributed by atoms with van der Waals surface area (Å²) in [6.45, 7) is 2.75. The number of rotatable bonds is 5. The van der Waals surface area contributed by atoms with Crippen molar-refractivity contribution in [2.75, 3.05) is 12.4 Å². The molecule has 0 aliphatic rings. The second-order valence-corrected chi connectivity index (χ2v) is 6.62. The fourth-order valence-electron chi connectivity index (χ4n) is 1.98. The van der Waals surface area contributed by atoms with E-state index in [9.17, 15) is 8.78 Å². The predicted octanol–water partition coefficient (Wildman–Crippen LogP) is 5.14. The Balaban J connectivity index is 1.91. The van der Waals surface area contributed by atoms with Gasteiger partial charge in [0.15, 0.2) is 5.11 Å². The van der Waals surface area contributed by atoms with E-state index >= 15 is 0 Å². The molecule has 2 nitrogen and oxygen atoms in total. The maximum Gasteiger partial charge on any atom is 0.288 e. The van der Waals surface area contributed by atoms with Crippen LogP contribution in [0.3, 0.4) is 0 Å². The Bertz CT molecular complexity index is 643. The number of benzene rings is 2. The molecule has 0 unspecified atom stereocenters. The lowest BCUT2D eigenvalue weighted by Gasteiger charge is -2.21. The fraction of sp³-hybridized carbons (Fsp3) is 0.235. The van der Waals surface area contributed by atoms with Gasteiger partial charge in [-0.1, -0.05) is 41.6 Å². The standard InChI is InChI=1S/C17H18F2N2S2/c1-12-3-5-13(6-4-12)11-21(2)17(22)20-14-7-9-15(10-8-14)23-16(18)19/h3-10,16H,11H2,1-2H3,(H,20,22). The number of alkyl halides is 2. The molecule has 0 heterocycles. The lowest BCUT2D eigenvalue weighted by molar-refractivity contribution is 0.252. The van der Waals surface area contributed by atoms with Crippen molar-refractivity contribution in [2.24, 2.45) is 0 Å². The molecular formula is C17H18F2N2S2. The van der Waals surface area contributed by atoms with Gasteiger partial charge in [-0.2, -0.15) is 8.78 Å². The van der Waals surface area contributed by atoms with E-state index in [1.54, 1.807) is 24.3 Å². The molecule has 0 fully saturated rings. The fourth-order valence-corrected chi connectivity index (χ4v) is 2.66. The highest BCUT2D eigenvalue weighted by molar-refractivity contribution is 7.99. The van der Waals surface area contributed by atoms with Gasteiger partial charge in [-0.25, -0.2) is 0 Å². The van der Waals surface area contributed by atoms with Gasteiger partial charge in [0.2, 0.25) is 0 Å². The van der Waals surface area contributed by atoms with Crippen LogP contribution in [0.15, 0.2) is 53.4 Å². The van der Waals surface area contributed by atoms with Crippen LogP contribution >= 0.6 is 24.0 Å². The SMILES string of the molecule is Cc1ccc(CN(C)C(=S)Nc2ccc(SC(F)F)cc2)cc1. The monoisotopic (exact) mass is 352 g/mol. The molecule has 0 saturated carbocycles. The number of anilines is 1. The maximum absolute atomic E-state index is 12.3. The predicted molar refractivity (Wildman–Crippen MR) is 97.2 cm³/mol. The van der Waals surface area contributed by atoms with E-state index in [0.717, 1.165) is 5.69 Å². The zero-order chi connectivity index (χ0) is 16.8. The lowest BCUT2D eigenvalue weighted by atomic mass is 10.1. The number of halogens is 2. The number of thiocarbonyl (C=S) groups is 1. The lowest BCUT2D eigenvalue weighted by Crippen LogP contribution is -2.30. The van der Waals surface area contributed by atoms with Crippen molar-refractivity contribution in [3.05, 3.63) is 59.7 Å². The molecule has 0 aliphatic heterocycles. The highest BCUT2D eigenvalue weighted by Crippen LogP contribution is 2.26. The largest absolute Gasteiger partial charge is 0.348 e. The van der Waals surface area contributed by atoms with Crippen LogP contribution in [-0.2, 0) is 6.54 Å². The average Bonchev–Trinajstić information content (AvgIpc) is 2.51. The van der Waals surface area contributed by atoms with Crippen LogP contribution < -0.4 is 5.32 Å². The van der Waals surface area contributed by atoms with E-state index in [1.807, 2.05) is 11.9 Å². The van der Waals surface area contributed by atoms with Crippen molar-refractivity contribution >= 4 is 34.8 Å². The van der Waals surface area contributed by atoms with E-state index in [-0.39, 0.29) is 0 Å². The maximum atomic E-state index is 12.3. The Morgan fingerprint density at radius 1 is 1.13 bits per heavy atom. The van der Waals surface area contributed by atoms with E-state index in [1.165, 1.54) is 11.1 Å². The van der Waals surface area contributed by atoms with E-state index < -0.39 is 5.76 Å². The molecule has 6 heteroatoms. The molecule has 0 spiro atoms. The van der Waals surface area contributed by atoms with Crippen LogP contribution in [0.1, 0.15) is 11.1 Å². The third kappa shape index (κ3) is 5.80. The zero-order valence-electron chi connectivity index (χ0n) is 12.9. The minimum Gasteiger partial charge on any atom is -0.348 e. The van der Waals surface area contributed by atoms with Crippen LogP contribution in [0.2, 0.25) is 0 Å². The molecule has 0 radical (unpaired) electrons. The van der Waals surface area contributed by atoms with Crippen LogP contribution in [0.5, 0.6) is 0 Å². The van der Waals surface area contributed by atoms with Crippen molar-refractivity contribution in [2.45, 2.75) is 24.1 Å².